The molecule has 0 atom stereocenters. The number of carbonyl (C=O) groups is 1. The van der Waals surface area contributed by atoms with Gasteiger partial charge >= 0.3 is 5.97 Å². The number of carbonyl (C=O) groups excluding carboxylic acids is 1. The highest BCUT2D eigenvalue weighted by atomic mass is 32.1. The molecule has 0 fully saturated rings. The molecule has 0 aliphatic heterocycles. The van der Waals surface area contributed by atoms with E-state index in [-0.39, 0.29) is 11.0 Å². The molecule has 0 aromatic rings. The minimum Gasteiger partial charge on any atom is -0.502 e. The first-order valence-electron chi connectivity index (χ1n) is 3.61. The van der Waals surface area contributed by atoms with Crippen molar-refractivity contribution < 1.29 is 14.6 Å². The van der Waals surface area contributed by atoms with Gasteiger partial charge in [-0.1, -0.05) is 12.7 Å². The van der Waals surface area contributed by atoms with Gasteiger partial charge in [-0.3, -0.25) is 4.79 Å². The SMILES string of the molecule is C=CCOC(=O)CCS.CC(O)=S. The Morgan fingerprint density at radius 3 is 2.54 bits per heavy atom. The maximum Gasteiger partial charge on any atom is 0.306 e. The lowest BCUT2D eigenvalue weighted by Crippen LogP contribution is -2.04. The molecule has 0 radical (unpaired) electrons. The van der Waals surface area contributed by atoms with Crippen LogP contribution in [0.4, 0.5) is 0 Å². The highest BCUT2D eigenvalue weighted by Crippen LogP contribution is 1.88. The van der Waals surface area contributed by atoms with E-state index in [1.165, 1.54) is 13.0 Å². The number of ether oxygens (including phenoxy) is 1. The normalized spacial score (nSPS) is 7.85. The molecule has 0 heterocycles. The molecular formula is C8H14O3S2. The standard InChI is InChI=1S/C6H10O2S.C2H4OS/c1-2-4-8-6(7)3-5-9;1-2(3)4/h2,9H,1,3-5H2;1H3,(H,3,4). The molecule has 0 saturated heterocycles. The van der Waals surface area contributed by atoms with Crippen LogP contribution < -0.4 is 0 Å². The summed E-state index contributed by atoms with van der Waals surface area (Å²) in [5.41, 5.74) is 0. The first-order chi connectivity index (χ1) is 6.04. The number of esters is 1. The number of hydrogen-bond donors (Lipinski definition) is 2. The first kappa shape index (κ1) is 14.9. The van der Waals surface area contributed by atoms with E-state index in [0.29, 0.717) is 18.8 Å². The molecule has 0 bridgehead atoms. The molecule has 0 unspecified atom stereocenters. The largest absolute Gasteiger partial charge is 0.502 e. The van der Waals surface area contributed by atoms with Crippen molar-refractivity contribution in [3.8, 4) is 0 Å². The Bertz CT molecular complexity index is 165. The molecule has 0 spiro atoms. The monoisotopic (exact) mass is 222 g/mol. The summed E-state index contributed by atoms with van der Waals surface area (Å²) >= 11 is 7.95. The molecule has 0 saturated carbocycles. The molecule has 0 aliphatic carbocycles. The van der Waals surface area contributed by atoms with E-state index in [1.807, 2.05) is 0 Å². The maximum atomic E-state index is 10.5. The van der Waals surface area contributed by atoms with Crippen molar-refractivity contribution in [2.75, 3.05) is 12.4 Å². The zero-order valence-electron chi connectivity index (χ0n) is 7.52. The van der Waals surface area contributed by atoms with Gasteiger partial charge in [0.15, 0.2) is 5.05 Å². The minimum absolute atomic E-state index is 0.000000000000000222. The van der Waals surface area contributed by atoms with E-state index in [4.69, 9.17) is 5.11 Å². The second kappa shape index (κ2) is 11.4. The molecule has 0 rings (SSSR count). The molecule has 5 heteroatoms. The fourth-order valence-corrected chi connectivity index (χ4v) is 0.498. The first-order valence-corrected chi connectivity index (χ1v) is 4.65. The number of rotatable bonds is 4. The molecule has 0 aromatic carbocycles. The van der Waals surface area contributed by atoms with Gasteiger partial charge < -0.3 is 9.84 Å². The van der Waals surface area contributed by atoms with Crippen molar-refractivity contribution in [1.82, 2.24) is 0 Å². The molecule has 0 aliphatic rings. The van der Waals surface area contributed by atoms with E-state index in [1.54, 1.807) is 0 Å². The third-order valence-electron chi connectivity index (χ3n) is 0.678. The lowest BCUT2D eigenvalue weighted by Gasteiger charge is -1.96. The summed E-state index contributed by atoms with van der Waals surface area (Å²) in [6, 6.07) is 0. The van der Waals surface area contributed by atoms with Crippen LogP contribution in [-0.4, -0.2) is 28.5 Å². The molecule has 1 N–H and O–H groups in total. The van der Waals surface area contributed by atoms with Crippen LogP contribution in [-0.2, 0) is 9.53 Å². The minimum atomic E-state index is -0.218. The molecule has 3 nitrogen and oxygen atoms in total. The zero-order valence-corrected chi connectivity index (χ0v) is 9.24. The van der Waals surface area contributed by atoms with Crippen LogP contribution in [0, 0.1) is 0 Å². The van der Waals surface area contributed by atoms with Crippen molar-refractivity contribution in [2.45, 2.75) is 13.3 Å². The number of thiol groups is 1. The van der Waals surface area contributed by atoms with Gasteiger partial charge in [0, 0.05) is 12.7 Å². The summed E-state index contributed by atoms with van der Waals surface area (Å²) in [5, 5.41) is 7.79. The van der Waals surface area contributed by atoms with Crippen LogP contribution >= 0.6 is 24.8 Å². The van der Waals surface area contributed by atoms with E-state index in [2.05, 4.69) is 36.2 Å². The Morgan fingerprint density at radius 2 is 2.23 bits per heavy atom. The van der Waals surface area contributed by atoms with Gasteiger partial charge in [-0.15, -0.1) is 0 Å². The quantitative estimate of drug-likeness (QED) is 0.330. The third-order valence-corrected chi connectivity index (χ3v) is 0.902. The summed E-state index contributed by atoms with van der Waals surface area (Å²) in [5.74, 6) is 0.320. The highest BCUT2D eigenvalue weighted by Gasteiger charge is 1.96. The Kier molecular flexibility index (Phi) is 13.2. The van der Waals surface area contributed by atoms with Crippen molar-refractivity contribution in [3.63, 3.8) is 0 Å². The van der Waals surface area contributed by atoms with Gasteiger partial charge in [-0.25, -0.2) is 0 Å². The maximum absolute atomic E-state index is 10.5. The number of aliphatic hydroxyl groups excluding tert-OH is 1. The van der Waals surface area contributed by atoms with Crippen LogP contribution in [0.3, 0.4) is 0 Å². The molecule has 0 amide bonds. The second-order valence-electron chi connectivity index (χ2n) is 1.96. The number of hydrogen-bond acceptors (Lipinski definition) is 4. The van der Waals surface area contributed by atoms with Gasteiger partial charge in [0.1, 0.15) is 6.61 Å². The summed E-state index contributed by atoms with van der Waals surface area (Å²) in [4.78, 5) is 10.5. The van der Waals surface area contributed by atoms with Crippen LogP contribution in [0.5, 0.6) is 0 Å². The second-order valence-corrected chi connectivity index (χ2v) is 3.00. The van der Waals surface area contributed by atoms with E-state index in [9.17, 15) is 4.79 Å². The fourth-order valence-electron chi connectivity index (χ4n) is 0.315. The van der Waals surface area contributed by atoms with Crippen molar-refractivity contribution in [2.24, 2.45) is 0 Å². The van der Waals surface area contributed by atoms with Crippen LogP contribution in [0.15, 0.2) is 12.7 Å². The Hall–Kier alpha value is -0.550. The van der Waals surface area contributed by atoms with Crippen LogP contribution in [0.2, 0.25) is 0 Å². The molecule has 0 aromatic heterocycles. The number of aliphatic hydroxyl groups is 1. The molecule has 76 valence electrons. The van der Waals surface area contributed by atoms with Gasteiger partial charge in [-0.2, -0.15) is 12.6 Å². The number of thiocarbonyl (C=S) groups is 1. The van der Waals surface area contributed by atoms with Crippen molar-refractivity contribution in [3.05, 3.63) is 12.7 Å². The van der Waals surface area contributed by atoms with E-state index in [0.717, 1.165) is 0 Å². The van der Waals surface area contributed by atoms with Gasteiger partial charge in [-0.05, 0) is 12.2 Å². The Labute approximate surface area is 89.2 Å². The zero-order chi connectivity index (χ0) is 10.7. The lowest BCUT2D eigenvalue weighted by atomic mass is 10.5. The predicted molar refractivity (Wildman–Crippen MR) is 60.5 cm³/mol. The van der Waals surface area contributed by atoms with Crippen LogP contribution in [0.25, 0.3) is 0 Å². The third kappa shape index (κ3) is 24.6. The van der Waals surface area contributed by atoms with Crippen molar-refractivity contribution in [1.29, 1.82) is 0 Å². The summed E-state index contributed by atoms with van der Waals surface area (Å²) in [6.45, 7) is 5.15. The Morgan fingerprint density at radius 1 is 1.77 bits per heavy atom. The summed E-state index contributed by atoms with van der Waals surface area (Å²) in [6.07, 6.45) is 1.91. The molecule has 13 heavy (non-hydrogen) atoms. The topological polar surface area (TPSA) is 46.5 Å². The smallest absolute Gasteiger partial charge is 0.306 e. The average molecular weight is 222 g/mol. The predicted octanol–water partition coefficient (Wildman–Crippen LogP) is 1.93. The molecular weight excluding hydrogens is 208 g/mol. The van der Waals surface area contributed by atoms with Gasteiger partial charge in [0.2, 0.25) is 0 Å². The summed E-state index contributed by atoms with van der Waals surface area (Å²) < 4.78 is 4.63. The van der Waals surface area contributed by atoms with Gasteiger partial charge in [0.25, 0.3) is 0 Å². The average Bonchev–Trinajstić information content (AvgIpc) is 2.00. The van der Waals surface area contributed by atoms with Crippen molar-refractivity contribution >= 4 is 35.9 Å². The van der Waals surface area contributed by atoms with Gasteiger partial charge in [0.05, 0.1) is 6.42 Å². The fraction of sp³-hybridized carbons (Fsp3) is 0.500. The van der Waals surface area contributed by atoms with E-state index < -0.39 is 0 Å². The highest BCUT2D eigenvalue weighted by molar-refractivity contribution is 7.80. The lowest BCUT2D eigenvalue weighted by molar-refractivity contribution is -0.141. The van der Waals surface area contributed by atoms with E-state index >= 15 is 0 Å². The van der Waals surface area contributed by atoms with Crippen LogP contribution in [0.1, 0.15) is 13.3 Å². The summed E-state index contributed by atoms with van der Waals surface area (Å²) in [7, 11) is 0. The Balaban J connectivity index is 0.